The van der Waals surface area contributed by atoms with Crippen LogP contribution in [0.4, 0.5) is 0 Å². The first-order valence-corrected chi connectivity index (χ1v) is 6.36. The maximum Gasteiger partial charge on any atom is 0.255 e. The fourth-order valence-corrected chi connectivity index (χ4v) is 2.09. The van der Waals surface area contributed by atoms with Crippen molar-refractivity contribution in [3.8, 4) is 11.5 Å². The molecule has 19 heavy (non-hydrogen) atoms. The molecular weight excluding hydrogens is 246 g/mol. The molecule has 1 saturated heterocycles. The molecule has 104 valence electrons. The van der Waals surface area contributed by atoms with E-state index >= 15 is 0 Å². The molecule has 5 heteroatoms. The Morgan fingerprint density at radius 3 is 2.89 bits per heavy atom. The SMILES string of the molecule is COc1ccc(C(=O)NC[C@H]2CCCO2)c(OC)c1. The van der Waals surface area contributed by atoms with Crippen LogP contribution in [0.2, 0.25) is 0 Å². The highest BCUT2D eigenvalue weighted by atomic mass is 16.5. The summed E-state index contributed by atoms with van der Waals surface area (Å²) < 4.78 is 15.8. The van der Waals surface area contributed by atoms with Crippen LogP contribution in [0.5, 0.6) is 11.5 Å². The van der Waals surface area contributed by atoms with E-state index in [1.54, 1.807) is 25.3 Å². The fourth-order valence-electron chi connectivity index (χ4n) is 2.09. The third kappa shape index (κ3) is 3.38. The molecule has 1 fully saturated rings. The molecule has 0 bridgehead atoms. The lowest BCUT2D eigenvalue weighted by Gasteiger charge is -2.13. The zero-order valence-electron chi connectivity index (χ0n) is 11.3. The van der Waals surface area contributed by atoms with Crippen LogP contribution < -0.4 is 14.8 Å². The maximum atomic E-state index is 12.1. The second-order valence-corrected chi connectivity index (χ2v) is 4.41. The summed E-state index contributed by atoms with van der Waals surface area (Å²) in [5.41, 5.74) is 0.501. The first kappa shape index (κ1) is 13.7. The molecule has 1 heterocycles. The van der Waals surface area contributed by atoms with Gasteiger partial charge in [-0.25, -0.2) is 0 Å². The summed E-state index contributed by atoms with van der Waals surface area (Å²) in [6, 6.07) is 5.13. The van der Waals surface area contributed by atoms with E-state index in [4.69, 9.17) is 14.2 Å². The number of hydrogen-bond acceptors (Lipinski definition) is 4. The Balaban J connectivity index is 2.01. The highest BCUT2D eigenvalue weighted by Crippen LogP contribution is 2.24. The molecule has 0 spiro atoms. The number of carbonyl (C=O) groups is 1. The maximum absolute atomic E-state index is 12.1. The van der Waals surface area contributed by atoms with E-state index in [0.29, 0.717) is 23.6 Å². The summed E-state index contributed by atoms with van der Waals surface area (Å²) >= 11 is 0. The van der Waals surface area contributed by atoms with Crippen molar-refractivity contribution in [2.45, 2.75) is 18.9 Å². The Morgan fingerprint density at radius 1 is 1.42 bits per heavy atom. The molecule has 1 amide bonds. The van der Waals surface area contributed by atoms with Crippen LogP contribution in [0.25, 0.3) is 0 Å². The van der Waals surface area contributed by atoms with E-state index in [0.717, 1.165) is 19.4 Å². The zero-order chi connectivity index (χ0) is 13.7. The van der Waals surface area contributed by atoms with Gasteiger partial charge in [-0.1, -0.05) is 0 Å². The molecule has 1 aliphatic rings. The van der Waals surface area contributed by atoms with Crippen LogP contribution >= 0.6 is 0 Å². The molecule has 2 rings (SSSR count). The summed E-state index contributed by atoms with van der Waals surface area (Å²) in [4.78, 5) is 12.1. The van der Waals surface area contributed by atoms with Crippen molar-refractivity contribution in [3.05, 3.63) is 23.8 Å². The van der Waals surface area contributed by atoms with Gasteiger partial charge in [-0.2, -0.15) is 0 Å². The van der Waals surface area contributed by atoms with E-state index in [2.05, 4.69) is 5.32 Å². The van der Waals surface area contributed by atoms with Crippen LogP contribution in [0, 0.1) is 0 Å². The van der Waals surface area contributed by atoms with Gasteiger partial charge in [-0.15, -0.1) is 0 Å². The number of methoxy groups -OCH3 is 2. The van der Waals surface area contributed by atoms with Gasteiger partial charge >= 0.3 is 0 Å². The van der Waals surface area contributed by atoms with Gasteiger partial charge in [0.2, 0.25) is 0 Å². The predicted molar refractivity (Wildman–Crippen MR) is 70.9 cm³/mol. The Kier molecular flexibility index (Phi) is 4.63. The average molecular weight is 265 g/mol. The van der Waals surface area contributed by atoms with Gasteiger partial charge < -0.3 is 19.5 Å². The van der Waals surface area contributed by atoms with Crippen molar-refractivity contribution in [3.63, 3.8) is 0 Å². The van der Waals surface area contributed by atoms with E-state index in [9.17, 15) is 4.79 Å². The van der Waals surface area contributed by atoms with Crippen molar-refractivity contribution in [1.82, 2.24) is 5.32 Å². The molecule has 1 aromatic carbocycles. The Hall–Kier alpha value is -1.75. The third-order valence-corrected chi connectivity index (χ3v) is 3.17. The molecule has 5 nitrogen and oxygen atoms in total. The minimum Gasteiger partial charge on any atom is -0.497 e. The number of ether oxygens (including phenoxy) is 3. The summed E-state index contributed by atoms with van der Waals surface area (Å²) in [5, 5.41) is 2.87. The Bertz CT molecular complexity index is 441. The van der Waals surface area contributed by atoms with Crippen LogP contribution in [-0.2, 0) is 4.74 Å². The van der Waals surface area contributed by atoms with E-state index in [1.165, 1.54) is 7.11 Å². The lowest BCUT2D eigenvalue weighted by Crippen LogP contribution is -2.31. The van der Waals surface area contributed by atoms with Crippen LogP contribution in [-0.4, -0.2) is 39.4 Å². The van der Waals surface area contributed by atoms with Gasteiger partial charge in [-0.05, 0) is 25.0 Å². The van der Waals surface area contributed by atoms with Crippen molar-refractivity contribution in [2.24, 2.45) is 0 Å². The second-order valence-electron chi connectivity index (χ2n) is 4.41. The number of amides is 1. The normalized spacial score (nSPS) is 18.1. The molecule has 1 aromatic rings. The van der Waals surface area contributed by atoms with Crippen LogP contribution in [0.1, 0.15) is 23.2 Å². The zero-order valence-corrected chi connectivity index (χ0v) is 11.3. The van der Waals surface area contributed by atoms with Gasteiger partial charge in [0.15, 0.2) is 0 Å². The smallest absolute Gasteiger partial charge is 0.255 e. The Labute approximate surface area is 112 Å². The largest absolute Gasteiger partial charge is 0.497 e. The Morgan fingerprint density at radius 2 is 2.26 bits per heavy atom. The summed E-state index contributed by atoms with van der Waals surface area (Å²) in [7, 11) is 3.11. The van der Waals surface area contributed by atoms with E-state index < -0.39 is 0 Å². The van der Waals surface area contributed by atoms with E-state index in [-0.39, 0.29) is 12.0 Å². The van der Waals surface area contributed by atoms with Crippen molar-refractivity contribution in [1.29, 1.82) is 0 Å². The molecule has 1 N–H and O–H groups in total. The predicted octanol–water partition coefficient (Wildman–Crippen LogP) is 1.61. The quantitative estimate of drug-likeness (QED) is 0.878. The number of carbonyl (C=O) groups excluding carboxylic acids is 1. The van der Waals surface area contributed by atoms with Crippen molar-refractivity contribution in [2.75, 3.05) is 27.4 Å². The third-order valence-electron chi connectivity index (χ3n) is 3.17. The summed E-state index contributed by atoms with van der Waals surface area (Å²) in [6.45, 7) is 1.32. The van der Waals surface area contributed by atoms with Crippen molar-refractivity contribution >= 4 is 5.91 Å². The molecule has 0 saturated carbocycles. The van der Waals surface area contributed by atoms with Gasteiger partial charge in [0.05, 0.1) is 25.9 Å². The van der Waals surface area contributed by atoms with Gasteiger partial charge in [0, 0.05) is 19.2 Å². The first-order valence-electron chi connectivity index (χ1n) is 6.36. The van der Waals surface area contributed by atoms with Crippen LogP contribution in [0.15, 0.2) is 18.2 Å². The minimum absolute atomic E-state index is 0.133. The highest BCUT2D eigenvalue weighted by molar-refractivity contribution is 5.97. The van der Waals surface area contributed by atoms with Gasteiger partial charge in [-0.3, -0.25) is 4.79 Å². The minimum atomic E-state index is -0.157. The molecule has 1 aliphatic heterocycles. The lowest BCUT2D eigenvalue weighted by molar-refractivity contribution is 0.0855. The fraction of sp³-hybridized carbons (Fsp3) is 0.500. The molecule has 0 radical (unpaired) electrons. The average Bonchev–Trinajstić information content (AvgIpc) is 2.97. The van der Waals surface area contributed by atoms with E-state index in [1.807, 2.05) is 0 Å². The number of hydrogen-bond donors (Lipinski definition) is 1. The topological polar surface area (TPSA) is 56.8 Å². The monoisotopic (exact) mass is 265 g/mol. The van der Waals surface area contributed by atoms with Gasteiger partial charge in [0.25, 0.3) is 5.91 Å². The van der Waals surface area contributed by atoms with Crippen molar-refractivity contribution < 1.29 is 19.0 Å². The van der Waals surface area contributed by atoms with Crippen LogP contribution in [0.3, 0.4) is 0 Å². The summed E-state index contributed by atoms with van der Waals surface area (Å²) in [5.74, 6) is 1.01. The standard InChI is InChI=1S/C14H19NO4/c1-17-10-5-6-12(13(8-10)18-2)14(16)15-9-11-4-3-7-19-11/h5-6,8,11H,3-4,7,9H2,1-2H3,(H,15,16)/t11-/m1/s1. The summed E-state index contributed by atoms with van der Waals surface area (Å²) in [6.07, 6.45) is 2.19. The van der Waals surface area contributed by atoms with Gasteiger partial charge in [0.1, 0.15) is 11.5 Å². The molecule has 1 atom stereocenters. The first-order chi connectivity index (χ1) is 9.24. The second kappa shape index (κ2) is 6.43. The number of nitrogens with one attached hydrogen (secondary N) is 1. The molecule has 0 aromatic heterocycles. The number of benzene rings is 1. The lowest BCUT2D eigenvalue weighted by atomic mass is 10.1. The number of rotatable bonds is 5. The molecule has 0 unspecified atom stereocenters. The highest BCUT2D eigenvalue weighted by Gasteiger charge is 2.18. The molecule has 0 aliphatic carbocycles. The molecular formula is C14H19NO4.